The lowest BCUT2D eigenvalue weighted by atomic mass is 9.92. The minimum absolute atomic E-state index is 0.293. The number of hydrogen-bond acceptors (Lipinski definition) is 4. The number of para-hydroxylation sites is 1. The molecule has 1 fully saturated rings. The van der Waals surface area contributed by atoms with Crippen LogP contribution in [0.5, 0.6) is 5.75 Å². The Balaban J connectivity index is 1.72. The fourth-order valence-electron chi connectivity index (χ4n) is 3.25. The Morgan fingerprint density at radius 3 is 2.48 bits per heavy atom. The number of hydrogen-bond donors (Lipinski definition) is 1. The molecule has 2 aromatic carbocycles. The molecule has 2 aromatic rings. The molecule has 1 aliphatic rings. The molecule has 152 valence electrons. The number of halogens is 1. The summed E-state index contributed by atoms with van der Waals surface area (Å²) < 4.78 is 5.30. The van der Waals surface area contributed by atoms with Crippen molar-refractivity contribution < 1.29 is 19.1 Å². The SMILES string of the molecule is COc1ccccc1CN(C)C(=O)CN1C(=O)NC(C)(c2ccc(Cl)cc2)C1=O. The van der Waals surface area contributed by atoms with Gasteiger partial charge in [0.25, 0.3) is 5.91 Å². The summed E-state index contributed by atoms with van der Waals surface area (Å²) in [4.78, 5) is 40.5. The van der Waals surface area contributed by atoms with Gasteiger partial charge in [-0.2, -0.15) is 0 Å². The second-order valence-electron chi connectivity index (χ2n) is 7.01. The molecular weight excluding hydrogens is 394 g/mol. The molecule has 1 saturated heterocycles. The summed E-state index contributed by atoms with van der Waals surface area (Å²) in [5.41, 5.74) is 0.176. The molecular formula is C21H22ClN3O4. The third-order valence-corrected chi connectivity index (χ3v) is 5.27. The second-order valence-corrected chi connectivity index (χ2v) is 7.45. The number of benzene rings is 2. The van der Waals surface area contributed by atoms with Crippen LogP contribution >= 0.6 is 11.6 Å². The summed E-state index contributed by atoms with van der Waals surface area (Å²) in [7, 11) is 3.18. The number of methoxy groups -OCH3 is 1. The van der Waals surface area contributed by atoms with Gasteiger partial charge in [0.15, 0.2) is 0 Å². The Labute approximate surface area is 174 Å². The number of amides is 4. The lowest BCUT2D eigenvalue weighted by Gasteiger charge is -2.23. The Morgan fingerprint density at radius 2 is 1.83 bits per heavy atom. The van der Waals surface area contributed by atoms with Gasteiger partial charge < -0.3 is 15.0 Å². The molecule has 1 heterocycles. The molecule has 1 N–H and O–H groups in total. The molecule has 8 heteroatoms. The molecule has 0 aliphatic carbocycles. The van der Waals surface area contributed by atoms with Crippen molar-refractivity contribution >= 4 is 29.4 Å². The maximum Gasteiger partial charge on any atom is 0.325 e. The number of ether oxygens (including phenoxy) is 1. The number of urea groups is 1. The molecule has 0 spiro atoms. The minimum Gasteiger partial charge on any atom is -0.496 e. The van der Waals surface area contributed by atoms with E-state index in [1.807, 2.05) is 24.3 Å². The quantitative estimate of drug-likeness (QED) is 0.736. The van der Waals surface area contributed by atoms with Crippen LogP contribution in [0.2, 0.25) is 5.02 Å². The van der Waals surface area contributed by atoms with Crippen molar-refractivity contribution in [1.29, 1.82) is 0 Å². The molecule has 0 saturated carbocycles. The van der Waals surface area contributed by atoms with Crippen LogP contribution in [0.3, 0.4) is 0 Å². The van der Waals surface area contributed by atoms with Crippen molar-refractivity contribution in [2.24, 2.45) is 0 Å². The van der Waals surface area contributed by atoms with E-state index in [9.17, 15) is 14.4 Å². The van der Waals surface area contributed by atoms with Gasteiger partial charge in [0.2, 0.25) is 5.91 Å². The third kappa shape index (κ3) is 4.05. The van der Waals surface area contributed by atoms with Crippen LogP contribution in [0.1, 0.15) is 18.1 Å². The Hall–Kier alpha value is -3.06. The van der Waals surface area contributed by atoms with E-state index in [2.05, 4.69) is 5.32 Å². The smallest absolute Gasteiger partial charge is 0.325 e. The zero-order valence-corrected chi connectivity index (χ0v) is 17.2. The summed E-state index contributed by atoms with van der Waals surface area (Å²) in [5.74, 6) is -0.180. The third-order valence-electron chi connectivity index (χ3n) is 5.02. The van der Waals surface area contributed by atoms with E-state index in [1.165, 1.54) is 4.90 Å². The van der Waals surface area contributed by atoms with E-state index in [0.717, 1.165) is 10.5 Å². The maximum absolute atomic E-state index is 13.0. The predicted octanol–water partition coefficient (Wildman–Crippen LogP) is 2.77. The molecule has 1 aliphatic heterocycles. The van der Waals surface area contributed by atoms with Crippen LogP contribution in [0.25, 0.3) is 0 Å². The van der Waals surface area contributed by atoms with E-state index >= 15 is 0 Å². The van der Waals surface area contributed by atoms with Crippen LogP contribution in [-0.4, -0.2) is 48.3 Å². The van der Waals surface area contributed by atoms with E-state index in [4.69, 9.17) is 16.3 Å². The van der Waals surface area contributed by atoms with Gasteiger partial charge in [-0.1, -0.05) is 41.9 Å². The first-order chi connectivity index (χ1) is 13.8. The average molecular weight is 416 g/mol. The topological polar surface area (TPSA) is 79.0 Å². The summed E-state index contributed by atoms with van der Waals surface area (Å²) >= 11 is 5.91. The van der Waals surface area contributed by atoms with Crippen molar-refractivity contribution in [3.05, 3.63) is 64.7 Å². The largest absolute Gasteiger partial charge is 0.496 e. The van der Waals surface area contributed by atoms with Crippen molar-refractivity contribution in [3.8, 4) is 5.75 Å². The van der Waals surface area contributed by atoms with Gasteiger partial charge in [-0.05, 0) is 30.7 Å². The molecule has 0 radical (unpaired) electrons. The van der Waals surface area contributed by atoms with Crippen LogP contribution < -0.4 is 10.1 Å². The number of nitrogens with one attached hydrogen (secondary N) is 1. The summed E-state index contributed by atoms with van der Waals surface area (Å²) in [6.45, 7) is 1.56. The highest BCUT2D eigenvalue weighted by Gasteiger charge is 2.49. The van der Waals surface area contributed by atoms with Crippen molar-refractivity contribution in [2.45, 2.75) is 19.0 Å². The van der Waals surface area contributed by atoms with E-state index in [-0.39, 0.29) is 12.5 Å². The number of imide groups is 1. The predicted molar refractivity (Wildman–Crippen MR) is 109 cm³/mol. The van der Waals surface area contributed by atoms with Crippen LogP contribution in [0.4, 0.5) is 4.79 Å². The monoisotopic (exact) mass is 415 g/mol. The fraction of sp³-hybridized carbons (Fsp3) is 0.286. The van der Waals surface area contributed by atoms with E-state index in [1.54, 1.807) is 45.3 Å². The van der Waals surface area contributed by atoms with E-state index < -0.39 is 17.5 Å². The molecule has 0 bridgehead atoms. The maximum atomic E-state index is 13.0. The Kier molecular flexibility index (Phi) is 5.79. The van der Waals surface area contributed by atoms with Crippen LogP contribution in [0.15, 0.2) is 48.5 Å². The minimum atomic E-state index is -1.25. The highest BCUT2D eigenvalue weighted by Crippen LogP contribution is 2.29. The van der Waals surface area contributed by atoms with Crippen LogP contribution in [0, 0.1) is 0 Å². The molecule has 1 atom stereocenters. The molecule has 3 rings (SSSR count). The van der Waals surface area contributed by atoms with E-state index in [0.29, 0.717) is 22.9 Å². The summed E-state index contributed by atoms with van der Waals surface area (Å²) in [6.07, 6.45) is 0. The lowest BCUT2D eigenvalue weighted by molar-refractivity contribution is -0.138. The highest BCUT2D eigenvalue weighted by atomic mass is 35.5. The van der Waals surface area contributed by atoms with Gasteiger partial charge in [0.05, 0.1) is 7.11 Å². The number of nitrogens with zero attached hydrogens (tertiary/aromatic N) is 2. The van der Waals surface area contributed by atoms with Crippen molar-refractivity contribution in [3.63, 3.8) is 0 Å². The summed E-state index contributed by atoms with van der Waals surface area (Å²) in [6, 6.07) is 13.4. The molecule has 4 amide bonds. The first-order valence-corrected chi connectivity index (χ1v) is 9.40. The van der Waals surface area contributed by atoms with Gasteiger partial charge in [-0.15, -0.1) is 0 Å². The first-order valence-electron chi connectivity index (χ1n) is 9.02. The van der Waals surface area contributed by atoms with Crippen molar-refractivity contribution in [2.75, 3.05) is 20.7 Å². The fourth-order valence-corrected chi connectivity index (χ4v) is 3.38. The van der Waals surface area contributed by atoms with Gasteiger partial charge in [0, 0.05) is 24.2 Å². The van der Waals surface area contributed by atoms with Gasteiger partial charge >= 0.3 is 6.03 Å². The average Bonchev–Trinajstić information content (AvgIpc) is 2.92. The van der Waals surface area contributed by atoms with Crippen molar-refractivity contribution in [1.82, 2.24) is 15.1 Å². The van der Waals surface area contributed by atoms with Crippen LogP contribution in [-0.2, 0) is 21.7 Å². The zero-order valence-electron chi connectivity index (χ0n) is 16.4. The molecule has 29 heavy (non-hydrogen) atoms. The molecule has 1 unspecified atom stereocenters. The number of rotatable bonds is 6. The van der Waals surface area contributed by atoms with Gasteiger partial charge in [0.1, 0.15) is 17.8 Å². The number of carbonyl (C=O) groups is 3. The first kappa shape index (κ1) is 20.7. The lowest BCUT2D eigenvalue weighted by Crippen LogP contribution is -2.43. The number of likely N-dealkylation sites (N-methyl/N-ethyl adjacent to an activating group) is 1. The molecule has 0 aromatic heterocycles. The van der Waals surface area contributed by atoms with Gasteiger partial charge in [-0.25, -0.2) is 4.79 Å². The Morgan fingerprint density at radius 1 is 1.17 bits per heavy atom. The molecule has 7 nitrogen and oxygen atoms in total. The zero-order chi connectivity index (χ0) is 21.2. The standard InChI is InChI=1S/C21H22ClN3O4/c1-21(15-8-10-16(22)11-9-15)19(27)25(20(28)23-21)13-18(26)24(2)12-14-6-4-5-7-17(14)29-3/h4-11H,12-13H2,1-3H3,(H,23,28). The second kappa shape index (κ2) is 8.13. The summed E-state index contributed by atoms with van der Waals surface area (Å²) in [5, 5.41) is 3.21. The normalized spacial score (nSPS) is 18.6. The highest BCUT2D eigenvalue weighted by molar-refractivity contribution is 6.30. The Bertz CT molecular complexity index is 947. The van der Waals surface area contributed by atoms with Gasteiger partial charge in [-0.3, -0.25) is 14.5 Å². The number of carbonyl (C=O) groups excluding carboxylic acids is 3.